The van der Waals surface area contributed by atoms with E-state index in [4.69, 9.17) is 9.47 Å². The van der Waals surface area contributed by atoms with Crippen LogP contribution in [0.2, 0.25) is 0 Å². The number of hydrogen-bond acceptors (Lipinski definition) is 4. The van der Waals surface area contributed by atoms with Gasteiger partial charge in [0.05, 0.1) is 6.61 Å². The van der Waals surface area contributed by atoms with Crippen LogP contribution in [0.15, 0.2) is 11.6 Å². The zero-order chi connectivity index (χ0) is 11.9. The molecular formula is C12H16O4. The third-order valence-electron chi connectivity index (χ3n) is 3.73. The maximum atomic E-state index is 11.8. The number of ether oxygens (including phenoxy) is 2. The molecule has 1 fully saturated rings. The van der Waals surface area contributed by atoms with Crippen LogP contribution in [0.4, 0.5) is 0 Å². The predicted octanol–water partition coefficient (Wildman–Crippen LogP) is 1.45. The smallest absolute Gasteiger partial charge is 0.316 e. The summed E-state index contributed by atoms with van der Waals surface area (Å²) in [5.74, 6) is -0.563. The van der Waals surface area contributed by atoms with Gasteiger partial charge < -0.3 is 9.47 Å². The molecule has 0 aromatic carbocycles. The number of carbonyl (C=O) groups excluding carboxylic acids is 2. The van der Waals surface area contributed by atoms with E-state index in [9.17, 15) is 9.59 Å². The quantitative estimate of drug-likeness (QED) is 0.499. The van der Waals surface area contributed by atoms with Crippen LogP contribution in [0.1, 0.15) is 27.2 Å². The Bertz CT molecular complexity index is 371. The van der Waals surface area contributed by atoms with E-state index in [2.05, 4.69) is 0 Å². The molecule has 3 atom stereocenters. The largest absolute Gasteiger partial charge is 0.464 e. The van der Waals surface area contributed by atoms with E-state index < -0.39 is 11.5 Å². The Morgan fingerprint density at radius 1 is 1.62 bits per heavy atom. The molecule has 0 unspecified atom stereocenters. The van der Waals surface area contributed by atoms with E-state index in [1.165, 1.54) is 6.92 Å². The Hall–Kier alpha value is -1.32. The molecule has 0 saturated carbocycles. The fraction of sp³-hybridized carbons (Fsp3) is 0.667. The molecular weight excluding hydrogens is 208 g/mol. The minimum atomic E-state index is -0.704. The number of carbonyl (C=O) groups is 2. The van der Waals surface area contributed by atoms with Crippen LogP contribution < -0.4 is 0 Å². The highest BCUT2D eigenvalue weighted by Crippen LogP contribution is 2.47. The molecule has 1 heterocycles. The molecule has 0 spiro atoms. The van der Waals surface area contributed by atoms with Crippen LogP contribution in [-0.4, -0.2) is 24.6 Å². The molecule has 1 aliphatic heterocycles. The number of rotatable bonds is 1. The van der Waals surface area contributed by atoms with Gasteiger partial charge >= 0.3 is 11.9 Å². The lowest BCUT2D eigenvalue weighted by molar-refractivity contribution is -0.163. The molecule has 4 heteroatoms. The van der Waals surface area contributed by atoms with Gasteiger partial charge in [-0.15, -0.1) is 0 Å². The standard InChI is InChI=1S/C12H16O4/c1-7-4-5-10(16-8(2)13)12(3)9(7)6-15-11(12)14/h4,9-10H,5-6H2,1-3H3/t9-,10-,12-/m1/s1. The molecule has 1 saturated heterocycles. The number of cyclic esters (lactones) is 1. The summed E-state index contributed by atoms with van der Waals surface area (Å²) in [5, 5.41) is 0. The van der Waals surface area contributed by atoms with Crippen LogP contribution in [0.3, 0.4) is 0 Å². The second kappa shape index (κ2) is 3.61. The molecule has 0 aromatic heterocycles. The molecule has 0 aromatic rings. The van der Waals surface area contributed by atoms with E-state index in [1.807, 2.05) is 19.9 Å². The average molecular weight is 224 g/mol. The third kappa shape index (κ3) is 1.44. The summed E-state index contributed by atoms with van der Waals surface area (Å²) in [4.78, 5) is 22.9. The van der Waals surface area contributed by atoms with Gasteiger partial charge in [-0.05, 0) is 13.8 Å². The van der Waals surface area contributed by atoms with Crippen molar-refractivity contribution in [1.82, 2.24) is 0 Å². The minimum Gasteiger partial charge on any atom is -0.464 e. The lowest BCUT2D eigenvalue weighted by Crippen LogP contribution is -2.46. The van der Waals surface area contributed by atoms with Crippen LogP contribution in [-0.2, 0) is 19.1 Å². The Balaban J connectivity index is 2.34. The summed E-state index contributed by atoms with van der Waals surface area (Å²) >= 11 is 0. The maximum absolute atomic E-state index is 11.8. The van der Waals surface area contributed by atoms with Crippen molar-refractivity contribution in [2.45, 2.75) is 33.3 Å². The van der Waals surface area contributed by atoms with E-state index in [0.29, 0.717) is 13.0 Å². The molecule has 0 amide bonds. The molecule has 0 N–H and O–H groups in total. The number of esters is 2. The molecule has 2 rings (SSSR count). The first-order valence-corrected chi connectivity index (χ1v) is 5.47. The minimum absolute atomic E-state index is 0.0399. The second-order valence-corrected chi connectivity index (χ2v) is 4.72. The monoisotopic (exact) mass is 224 g/mol. The molecule has 0 radical (unpaired) electrons. The molecule has 4 nitrogen and oxygen atoms in total. The first-order chi connectivity index (χ1) is 7.46. The fourth-order valence-corrected chi connectivity index (χ4v) is 2.64. The summed E-state index contributed by atoms with van der Waals surface area (Å²) in [7, 11) is 0. The van der Waals surface area contributed by atoms with Crippen LogP contribution >= 0.6 is 0 Å². The van der Waals surface area contributed by atoms with Crippen molar-refractivity contribution in [1.29, 1.82) is 0 Å². The fourth-order valence-electron chi connectivity index (χ4n) is 2.64. The van der Waals surface area contributed by atoms with Crippen molar-refractivity contribution >= 4 is 11.9 Å². The highest BCUT2D eigenvalue weighted by molar-refractivity contribution is 5.81. The normalized spacial score (nSPS) is 37.4. The van der Waals surface area contributed by atoms with Crippen molar-refractivity contribution in [2.24, 2.45) is 11.3 Å². The van der Waals surface area contributed by atoms with Crippen molar-refractivity contribution in [3.05, 3.63) is 11.6 Å². The van der Waals surface area contributed by atoms with Crippen LogP contribution in [0.25, 0.3) is 0 Å². The van der Waals surface area contributed by atoms with Crippen molar-refractivity contribution < 1.29 is 19.1 Å². The SMILES string of the molecule is CC(=O)O[C@@H]1CC=C(C)[C@H]2COC(=O)[C@]21C. The van der Waals surface area contributed by atoms with Crippen molar-refractivity contribution in [3.8, 4) is 0 Å². The second-order valence-electron chi connectivity index (χ2n) is 4.72. The molecule has 2 aliphatic rings. The summed E-state index contributed by atoms with van der Waals surface area (Å²) in [5.41, 5.74) is 0.446. The molecule has 88 valence electrons. The summed E-state index contributed by atoms with van der Waals surface area (Å²) in [6.45, 7) is 5.59. The lowest BCUT2D eigenvalue weighted by Gasteiger charge is -2.37. The summed E-state index contributed by atoms with van der Waals surface area (Å²) in [6, 6.07) is 0. The van der Waals surface area contributed by atoms with Gasteiger partial charge in [0.15, 0.2) is 0 Å². The van der Waals surface area contributed by atoms with E-state index in [1.54, 1.807) is 0 Å². The van der Waals surface area contributed by atoms with E-state index >= 15 is 0 Å². The van der Waals surface area contributed by atoms with Gasteiger partial charge in [0.2, 0.25) is 0 Å². The Morgan fingerprint density at radius 2 is 2.31 bits per heavy atom. The van der Waals surface area contributed by atoms with Crippen molar-refractivity contribution in [2.75, 3.05) is 6.61 Å². The maximum Gasteiger partial charge on any atom is 0.316 e. The lowest BCUT2D eigenvalue weighted by atomic mass is 9.67. The van der Waals surface area contributed by atoms with Gasteiger partial charge in [-0.25, -0.2) is 0 Å². The van der Waals surface area contributed by atoms with Crippen LogP contribution in [0.5, 0.6) is 0 Å². The first kappa shape index (κ1) is 11.2. The first-order valence-electron chi connectivity index (χ1n) is 5.47. The van der Waals surface area contributed by atoms with Crippen molar-refractivity contribution in [3.63, 3.8) is 0 Å². The number of hydrogen-bond donors (Lipinski definition) is 0. The molecule has 0 bridgehead atoms. The topological polar surface area (TPSA) is 52.6 Å². The number of fused-ring (bicyclic) bond motifs is 1. The van der Waals surface area contributed by atoms with Crippen LogP contribution in [0, 0.1) is 11.3 Å². The van der Waals surface area contributed by atoms with E-state index in [0.717, 1.165) is 5.57 Å². The highest BCUT2D eigenvalue weighted by atomic mass is 16.6. The third-order valence-corrected chi connectivity index (χ3v) is 3.73. The zero-order valence-electron chi connectivity index (χ0n) is 9.78. The van der Waals surface area contributed by atoms with Gasteiger partial charge in [-0.2, -0.15) is 0 Å². The van der Waals surface area contributed by atoms with Gasteiger partial charge in [-0.1, -0.05) is 11.6 Å². The van der Waals surface area contributed by atoms with Gasteiger partial charge in [-0.3, -0.25) is 9.59 Å². The molecule has 1 aliphatic carbocycles. The summed E-state index contributed by atoms with van der Waals surface area (Å²) in [6.07, 6.45) is 2.23. The Labute approximate surface area is 94.6 Å². The zero-order valence-corrected chi connectivity index (χ0v) is 9.78. The Morgan fingerprint density at radius 3 is 2.94 bits per heavy atom. The van der Waals surface area contributed by atoms with Gasteiger partial charge in [0.1, 0.15) is 11.5 Å². The van der Waals surface area contributed by atoms with Gasteiger partial charge in [0.25, 0.3) is 0 Å². The highest BCUT2D eigenvalue weighted by Gasteiger charge is 2.57. The molecule has 16 heavy (non-hydrogen) atoms. The average Bonchev–Trinajstić information content (AvgIpc) is 2.50. The van der Waals surface area contributed by atoms with E-state index in [-0.39, 0.29) is 17.9 Å². The summed E-state index contributed by atoms with van der Waals surface area (Å²) < 4.78 is 10.4. The Kier molecular flexibility index (Phi) is 2.52. The predicted molar refractivity (Wildman–Crippen MR) is 56.5 cm³/mol. The van der Waals surface area contributed by atoms with Gasteiger partial charge in [0, 0.05) is 19.3 Å².